The molecule has 1 unspecified atom stereocenters. The molecule has 4 rings (SSSR count). The molecule has 0 bridgehead atoms. The number of benzene rings is 1. The Hall–Kier alpha value is -2.69. The van der Waals surface area contributed by atoms with Gasteiger partial charge < -0.3 is 10.2 Å². The predicted octanol–water partition coefficient (Wildman–Crippen LogP) is 2.55. The molecular formula is C20H21N3O2. The van der Waals surface area contributed by atoms with Gasteiger partial charge in [-0.15, -0.1) is 0 Å². The van der Waals surface area contributed by atoms with Gasteiger partial charge in [-0.1, -0.05) is 18.2 Å². The zero-order valence-corrected chi connectivity index (χ0v) is 14.2. The van der Waals surface area contributed by atoms with E-state index in [0.717, 1.165) is 41.8 Å². The summed E-state index contributed by atoms with van der Waals surface area (Å²) >= 11 is 0. The summed E-state index contributed by atoms with van der Waals surface area (Å²) in [5.74, 6) is -0.655. The summed E-state index contributed by atoms with van der Waals surface area (Å²) in [5, 5.41) is 2.94. The van der Waals surface area contributed by atoms with Crippen LogP contribution >= 0.6 is 0 Å². The smallest absolute Gasteiger partial charge is 0.316 e. The van der Waals surface area contributed by atoms with Crippen LogP contribution in [-0.4, -0.2) is 23.3 Å². The summed E-state index contributed by atoms with van der Waals surface area (Å²) in [4.78, 5) is 31.3. The highest BCUT2D eigenvalue weighted by atomic mass is 16.2. The van der Waals surface area contributed by atoms with Crippen LogP contribution in [0.5, 0.6) is 0 Å². The van der Waals surface area contributed by atoms with Crippen molar-refractivity contribution in [3.63, 3.8) is 0 Å². The molecule has 5 nitrogen and oxygen atoms in total. The van der Waals surface area contributed by atoms with Gasteiger partial charge in [0.1, 0.15) is 0 Å². The molecule has 1 aliphatic carbocycles. The second-order valence-corrected chi connectivity index (χ2v) is 6.88. The maximum absolute atomic E-state index is 12.7. The highest BCUT2D eigenvalue weighted by molar-refractivity contribution is 6.40. The van der Waals surface area contributed by atoms with Gasteiger partial charge in [0.2, 0.25) is 0 Å². The number of anilines is 1. The number of nitrogens with zero attached hydrogens (tertiary/aromatic N) is 2. The quantitative estimate of drug-likeness (QED) is 0.877. The molecule has 2 aromatic rings. The first-order valence-corrected chi connectivity index (χ1v) is 8.76. The molecule has 1 N–H and O–H groups in total. The molecular weight excluding hydrogens is 314 g/mol. The van der Waals surface area contributed by atoms with Gasteiger partial charge in [-0.2, -0.15) is 0 Å². The van der Waals surface area contributed by atoms with Gasteiger partial charge in [0.15, 0.2) is 0 Å². The summed E-state index contributed by atoms with van der Waals surface area (Å²) in [6.45, 7) is 2.56. The number of aromatic nitrogens is 1. The number of aryl methyl sites for hydroxylation is 1. The highest BCUT2D eigenvalue weighted by Crippen LogP contribution is 2.40. The molecule has 0 saturated heterocycles. The van der Waals surface area contributed by atoms with Crippen molar-refractivity contribution in [1.29, 1.82) is 0 Å². The summed E-state index contributed by atoms with van der Waals surface area (Å²) in [6.07, 6.45) is 4.66. The monoisotopic (exact) mass is 335 g/mol. The van der Waals surface area contributed by atoms with Crippen LogP contribution in [-0.2, 0) is 16.0 Å². The van der Waals surface area contributed by atoms with Gasteiger partial charge in [-0.3, -0.25) is 14.6 Å². The molecule has 1 fully saturated rings. The number of pyridine rings is 1. The Morgan fingerprint density at radius 2 is 2.04 bits per heavy atom. The highest BCUT2D eigenvalue weighted by Gasteiger charge is 2.37. The van der Waals surface area contributed by atoms with Crippen molar-refractivity contribution in [2.45, 2.75) is 32.2 Å². The van der Waals surface area contributed by atoms with Gasteiger partial charge >= 0.3 is 11.8 Å². The SMILES string of the molecule is Cc1ccnc(C(NC(=O)C(=O)N2CCc3ccccc32)C2CC2)c1. The maximum atomic E-state index is 12.7. The molecule has 1 aromatic heterocycles. The van der Waals surface area contributed by atoms with Crippen LogP contribution in [0, 0.1) is 12.8 Å². The van der Waals surface area contributed by atoms with E-state index in [4.69, 9.17) is 0 Å². The normalized spacial score (nSPS) is 17.1. The first kappa shape index (κ1) is 15.8. The van der Waals surface area contributed by atoms with E-state index in [9.17, 15) is 9.59 Å². The minimum Gasteiger partial charge on any atom is -0.339 e. The standard InChI is InChI=1S/C20H21N3O2/c1-13-8-10-21-16(12-13)18(15-6-7-15)22-19(24)20(25)23-11-9-14-4-2-3-5-17(14)23/h2-5,8,10,12,15,18H,6-7,9,11H2,1H3,(H,22,24). The third kappa shape index (κ3) is 3.14. The lowest BCUT2D eigenvalue weighted by Crippen LogP contribution is -2.44. The minimum absolute atomic E-state index is 0.186. The number of carbonyl (C=O) groups is 2. The van der Waals surface area contributed by atoms with Crippen molar-refractivity contribution in [3.05, 3.63) is 59.4 Å². The Bertz CT molecular complexity index is 829. The van der Waals surface area contributed by atoms with E-state index in [-0.39, 0.29) is 6.04 Å². The molecule has 1 aromatic carbocycles. The minimum atomic E-state index is -0.545. The fourth-order valence-corrected chi connectivity index (χ4v) is 3.47. The van der Waals surface area contributed by atoms with Crippen molar-refractivity contribution in [1.82, 2.24) is 10.3 Å². The van der Waals surface area contributed by atoms with E-state index >= 15 is 0 Å². The molecule has 2 amide bonds. The predicted molar refractivity (Wildman–Crippen MR) is 95.1 cm³/mol. The topological polar surface area (TPSA) is 62.3 Å². The van der Waals surface area contributed by atoms with E-state index < -0.39 is 11.8 Å². The Labute approximate surface area is 147 Å². The van der Waals surface area contributed by atoms with Crippen molar-refractivity contribution >= 4 is 17.5 Å². The molecule has 1 aliphatic heterocycles. The Kier molecular flexibility index (Phi) is 3.99. The maximum Gasteiger partial charge on any atom is 0.316 e. The summed E-state index contributed by atoms with van der Waals surface area (Å²) < 4.78 is 0. The number of hydrogen-bond donors (Lipinski definition) is 1. The lowest BCUT2D eigenvalue weighted by Gasteiger charge is -2.21. The van der Waals surface area contributed by atoms with Crippen LogP contribution in [0.4, 0.5) is 5.69 Å². The van der Waals surface area contributed by atoms with Gasteiger partial charge in [0, 0.05) is 18.4 Å². The first-order chi connectivity index (χ1) is 12.1. The van der Waals surface area contributed by atoms with Crippen LogP contribution in [0.25, 0.3) is 0 Å². The van der Waals surface area contributed by atoms with Gasteiger partial charge in [-0.25, -0.2) is 0 Å². The number of para-hydroxylation sites is 1. The molecule has 5 heteroatoms. The van der Waals surface area contributed by atoms with Crippen molar-refractivity contribution in [3.8, 4) is 0 Å². The molecule has 2 aliphatic rings. The Morgan fingerprint density at radius 1 is 1.24 bits per heavy atom. The number of fused-ring (bicyclic) bond motifs is 1. The van der Waals surface area contributed by atoms with Crippen molar-refractivity contribution in [2.24, 2.45) is 5.92 Å². The van der Waals surface area contributed by atoms with Crippen LogP contribution in [0.15, 0.2) is 42.6 Å². The van der Waals surface area contributed by atoms with E-state index in [0.29, 0.717) is 12.5 Å². The molecule has 1 atom stereocenters. The molecule has 25 heavy (non-hydrogen) atoms. The van der Waals surface area contributed by atoms with E-state index in [1.165, 1.54) is 0 Å². The third-order valence-corrected chi connectivity index (χ3v) is 4.96. The fourth-order valence-electron chi connectivity index (χ4n) is 3.47. The molecule has 2 heterocycles. The zero-order chi connectivity index (χ0) is 17.4. The Morgan fingerprint density at radius 3 is 2.80 bits per heavy atom. The second kappa shape index (κ2) is 6.31. The molecule has 1 saturated carbocycles. The van der Waals surface area contributed by atoms with Crippen LogP contribution in [0.3, 0.4) is 0 Å². The average Bonchev–Trinajstić information content (AvgIpc) is 3.37. The van der Waals surface area contributed by atoms with Gasteiger partial charge in [-0.05, 0) is 61.4 Å². The first-order valence-electron chi connectivity index (χ1n) is 8.76. The molecule has 128 valence electrons. The van der Waals surface area contributed by atoms with E-state index in [1.807, 2.05) is 43.3 Å². The van der Waals surface area contributed by atoms with Crippen LogP contribution < -0.4 is 10.2 Å². The number of rotatable bonds is 3. The van der Waals surface area contributed by atoms with Crippen LogP contribution in [0.1, 0.15) is 35.7 Å². The number of amides is 2. The summed E-state index contributed by atoms with van der Waals surface area (Å²) in [7, 11) is 0. The van der Waals surface area contributed by atoms with Crippen molar-refractivity contribution < 1.29 is 9.59 Å². The molecule has 0 spiro atoms. The number of nitrogens with one attached hydrogen (secondary N) is 1. The fraction of sp³-hybridized carbons (Fsp3) is 0.350. The third-order valence-electron chi connectivity index (χ3n) is 4.96. The zero-order valence-electron chi connectivity index (χ0n) is 14.2. The average molecular weight is 335 g/mol. The van der Waals surface area contributed by atoms with Crippen molar-refractivity contribution in [2.75, 3.05) is 11.4 Å². The van der Waals surface area contributed by atoms with Gasteiger partial charge in [0.05, 0.1) is 11.7 Å². The van der Waals surface area contributed by atoms with E-state index in [1.54, 1.807) is 11.1 Å². The van der Waals surface area contributed by atoms with Crippen LogP contribution in [0.2, 0.25) is 0 Å². The molecule has 0 radical (unpaired) electrons. The lowest BCUT2D eigenvalue weighted by molar-refractivity contribution is -0.138. The second-order valence-electron chi connectivity index (χ2n) is 6.88. The largest absolute Gasteiger partial charge is 0.339 e. The number of hydrogen-bond acceptors (Lipinski definition) is 3. The summed E-state index contributed by atoms with van der Waals surface area (Å²) in [5.41, 5.74) is 3.90. The summed E-state index contributed by atoms with van der Waals surface area (Å²) in [6, 6.07) is 11.5. The number of carbonyl (C=O) groups excluding carboxylic acids is 2. The lowest BCUT2D eigenvalue weighted by atomic mass is 10.1. The van der Waals surface area contributed by atoms with Gasteiger partial charge in [0.25, 0.3) is 0 Å². The van der Waals surface area contributed by atoms with E-state index in [2.05, 4.69) is 10.3 Å². The Balaban J connectivity index is 1.51.